The molecule has 4 nitrogen and oxygen atoms in total. The van der Waals surface area contributed by atoms with E-state index in [1.54, 1.807) is 0 Å². The van der Waals surface area contributed by atoms with Crippen LogP contribution < -0.4 is 5.32 Å². The number of fused-ring (bicyclic) bond motifs is 3. The summed E-state index contributed by atoms with van der Waals surface area (Å²) in [7, 11) is 0. The number of nitrogens with one attached hydrogen (secondary N) is 2. The van der Waals surface area contributed by atoms with Crippen molar-refractivity contribution in [3.63, 3.8) is 0 Å². The van der Waals surface area contributed by atoms with Gasteiger partial charge >= 0.3 is 0 Å². The van der Waals surface area contributed by atoms with Gasteiger partial charge in [-0.05, 0) is 24.1 Å². The van der Waals surface area contributed by atoms with E-state index in [9.17, 15) is 4.79 Å². The molecule has 1 amide bonds. The molecule has 4 heteroatoms. The van der Waals surface area contributed by atoms with Crippen molar-refractivity contribution in [1.29, 1.82) is 0 Å². The van der Waals surface area contributed by atoms with Crippen molar-refractivity contribution >= 4 is 11.6 Å². The van der Waals surface area contributed by atoms with Crippen LogP contribution in [0.3, 0.4) is 0 Å². The lowest BCUT2D eigenvalue weighted by Crippen LogP contribution is -2.20. The molecule has 1 aromatic heterocycles. The standard InChI is InChI=1S/C22H23N3O/c1-3-6-14(2)22(26)23-17-11-9-15(10-12-17)20-19-13-16-7-4-5-8-18(16)21(19)25-24-20/h4-5,7-12,14H,3,6,13H2,1-2H3,(H,23,26)(H,24,25). The van der Waals surface area contributed by atoms with E-state index in [2.05, 4.69) is 46.7 Å². The van der Waals surface area contributed by atoms with Crippen molar-refractivity contribution < 1.29 is 4.79 Å². The molecule has 0 spiro atoms. The number of aromatic amines is 1. The topological polar surface area (TPSA) is 57.8 Å². The van der Waals surface area contributed by atoms with Gasteiger partial charge in [0.15, 0.2) is 0 Å². The van der Waals surface area contributed by atoms with Crippen LogP contribution >= 0.6 is 0 Å². The van der Waals surface area contributed by atoms with E-state index in [0.29, 0.717) is 0 Å². The minimum absolute atomic E-state index is 0.0350. The van der Waals surface area contributed by atoms with Crippen LogP contribution in [0.25, 0.3) is 22.5 Å². The number of amides is 1. The maximum absolute atomic E-state index is 12.2. The fourth-order valence-electron chi connectivity index (χ4n) is 3.65. The molecule has 1 heterocycles. The van der Waals surface area contributed by atoms with E-state index in [0.717, 1.165) is 41.9 Å². The first-order valence-corrected chi connectivity index (χ1v) is 9.24. The highest BCUT2D eigenvalue weighted by Gasteiger charge is 2.24. The fraction of sp³-hybridized carbons (Fsp3) is 0.273. The number of aromatic nitrogens is 2. The van der Waals surface area contributed by atoms with E-state index in [1.165, 1.54) is 16.7 Å². The van der Waals surface area contributed by atoms with Gasteiger partial charge in [0, 0.05) is 34.7 Å². The Bertz CT molecular complexity index is 940. The van der Waals surface area contributed by atoms with Gasteiger partial charge in [-0.25, -0.2) is 0 Å². The normalized spacial score (nSPS) is 13.2. The van der Waals surface area contributed by atoms with Crippen LogP contribution in [-0.4, -0.2) is 16.1 Å². The molecule has 0 fully saturated rings. The van der Waals surface area contributed by atoms with E-state index in [-0.39, 0.29) is 11.8 Å². The Morgan fingerprint density at radius 1 is 1.19 bits per heavy atom. The lowest BCUT2D eigenvalue weighted by Gasteiger charge is -2.11. The summed E-state index contributed by atoms with van der Waals surface area (Å²) >= 11 is 0. The Hall–Kier alpha value is -2.88. The highest BCUT2D eigenvalue weighted by atomic mass is 16.1. The van der Waals surface area contributed by atoms with Crippen molar-refractivity contribution in [2.24, 2.45) is 5.92 Å². The van der Waals surface area contributed by atoms with Crippen LogP contribution in [0.15, 0.2) is 48.5 Å². The lowest BCUT2D eigenvalue weighted by molar-refractivity contribution is -0.119. The zero-order valence-corrected chi connectivity index (χ0v) is 15.2. The molecule has 0 radical (unpaired) electrons. The number of carbonyl (C=O) groups is 1. The molecule has 132 valence electrons. The third-order valence-electron chi connectivity index (χ3n) is 5.12. The summed E-state index contributed by atoms with van der Waals surface area (Å²) in [4.78, 5) is 12.2. The summed E-state index contributed by atoms with van der Waals surface area (Å²) in [6, 6.07) is 16.4. The number of H-pyrrole nitrogens is 1. The minimum atomic E-state index is 0.0350. The molecule has 1 aliphatic rings. The van der Waals surface area contributed by atoms with Gasteiger partial charge in [-0.2, -0.15) is 5.10 Å². The van der Waals surface area contributed by atoms with Gasteiger partial charge in [-0.3, -0.25) is 9.89 Å². The van der Waals surface area contributed by atoms with Crippen LogP contribution in [-0.2, 0) is 11.2 Å². The molecule has 2 N–H and O–H groups in total. The van der Waals surface area contributed by atoms with Crippen molar-refractivity contribution in [2.75, 3.05) is 5.32 Å². The second-order valence-corrected chi connectivity index (χ2v) is 7.02. The van der Waals surface area contributed by atoms with Crippen molar-refractivity contribution in [3.8, 4) is 22.5 Å². The van der Waals surface area contributed by atoms with Crippen LogP contribution in [0, 0.1) is 5.92 Å². The molecule has 0 aliphatic heterocycles. The predicted octanol–water partition coefficient (Wildman–Crippen LogP) is 5.02. The molecule has 4 rings (SSSR count). The number of carbonyl (C=O) groups excluding carboxylic acids is 1. The molecule has 0 saturated carbocycles. The summed E-state index contributed by atoms with van der Waals surface area (Å²) in [5, 5.41) is 10.7. The summed E-state index contributed by atoms with van der Waals surface area (Å²) in [6.07, 6.45) is 2.83. The van der Waals surface area contributed by atoms with Gasteiger partial charge in [0.1, 0.15) is 0 Å². The number of hydrogen-bond acceptors (Lipinski definition) is 2. The minimum Gasteiger partial charge on any atom is -0.326 e. The molecular formula is C22H23N3O. The predicted molar refractivity (Wildman–Crippen MR) is 105 cm³/mol. The molecule has 2 aromatic carbocycles. The molecule has 1 unspecified atom stereocenters. The molecule has 26 heavy (non-hydrogen) atoms. The maximum Gasteiger partial charge on any atom is 0.227 e. The molecular weight excluding hydrogens is 322 g/mol. The number of rotatable bonds is 5. The van der Waals surface area contributed by atoms with Crippen molar-refractivity contribution in [2.45, 2.75) is 33.1 Å². The highest BCUT2D eigenvalue weighted by Crippen LogP contribution is 2.39. The zero-order valence-electron chi connectivity index (χ0n) is 15.2. The number of anilines is 1. The Labute approximate surface area is 153 Å². The number of benzene rings is 2. The lowest BCUT2D eigenvalue weighted by atomic mass is 10.0. The van der Waals surface area contributed by atoms with Gasteiger partial charge in [0.25, 0.3) is 0 Å². The van der Waals surface area contributed by atoms with E-state index < -0.39 is 0 Å². The Balaban J connectivity index is 1.54. The van der Waals surface area contributed by atoms with E-state index in [1.807, 2.05) is 31.2 Å². The fourth-order valence-corrected chi connectivity index (χ4v) is 3.65. The largest absolute Gasteiger partial charge is 0.326 e. The van der Waals surface area contributed by atoms with E-state index in [4.69, 9.17) is 0 Å². The van der Waals surface area contributed by atoms with Crippen LogP contribution in [0.5, 0.6) is 0 Å². The molecule has 1 atom stereocenters. The van der Waals surface area contributed by atoms with Crippen LogP contribution in [0.1, 0.15) is 37.8 Å². The quantitative estimate of drug-likeness (QED) is 0.533. The first kappa shape index (κ1) is 16.6. The third-order valence-corrected chi connectivity index (χ3v) is 5.12. The molecule has 3 aromatic rings. The van der Waals surface area contributed by atoms with Gasteiger partial charge in [-0.15, -0.1) is 0 Å². The summed E-state index contributed by atoms with van der Waals surface area (Å²) < 4.78 is 0. The highest BCUT2D eigenvalue weighted by molar-refractivity contribution is 5.92. The molecule has 0 bridgehead atoms. The summed E-state index contributed by atoms with van der Waals surface area (Å²) in [6.45, 7) is 4.07. The smallest absolute Gasteiger partial charge is 0.227 e. The number of nitrogens with zero attached hydrogens (tertiary/aromatic N) is 1. The Morgan fingerprint density at radius 3 is 2.73 bits per heavy atom. The summed E-state index contributed by atoms with van der Waals surface area (Å²) in [5.41, 5.74) is 7.85. The summed E-state index contributed by atoms with van der Waals surface area (Å²) in [5.74, 6) is 0.114. The van der Waals surface area contributed by atoms with Gasteiger partial charge < -0.3 is 5.32 Å². The maximum atomic E-state index is 12.2. The average Bonchev–Trinajstić information content (AvgIpc) is 3.22. The Morgan fingerprint density at radius 2 is 1.96 bits per heavy atom. The first-order valence-electron chi connectivity index (χ1n) is 9.24. The van der Waals surface area contributed by atoms with E-state index >= 15 is 0 Å². The van der Waals surface area contributed by atoms with Gasteiger partial charge in [0.05, 0.1) is 11.4 Å². The molecule has 0 saturated heterocycles. The van der Waals surface area contributed by atoms with Gasteiger partial charge in [-0.1, -0.05) is 56.7 Å². The van der Waals surface area contributed by atoms with Crippen molar-refractivity contribution in [3.05, 3.63) is 59.7 Å². The monoisotopic (exact) mass is 345 g/mol. The van der Waals surface area contributed by atoms with Crippen LogP contribution in [0.2, 0.25) is 0 Å². The SMILES string of the molecule is CCCC(C)C(=O)Nc1ccc(-c2n[nH]c3c2Cc2ccccc2-3)cc1. The van der Waals surface area contributed by atoms with Gasteiger partial charge in [0.2, 0.25) is 5.91 Å². The third kappa shape index (κ3) is 2.92. The first-order chi connectivity index (χ1) is 12.7. The number of hydrogen-bond donors (Lipinski definition) is 2. The molecule has 1 aliphatic carbocycles. The second kappa shape index (κ2) is 6.79. The van der Waals surface area contributed by atoms with Crippen LogP contribution in [0.4, 0.5) is 5.69 Å². The average molecular weight is 345 g/mol. The second-order valence-electron chi connectivity index (χ2n) is 7.02. The van der Waals surface area contributed by atoms with Crippen molar-refractivity contribution in [1.82, 2.24) is 10.2 Å². The Kier molecular flexibility index (Phi) is 4.33. The zero-order chi connectivity index (χ0) is 18.1.